The predicted octanol–water partition coefficient (Wildman–Crippen LogP) is 3.75. The number of hydrogen-bond donors (Lipinski definition) is 3. The molecule has 0 unspecified atom stereocenters. The van der Waals surface area contributed by atoms with E-state index in [-0.39, 0.29) is 17.8 Å². The van der Waals surface area contributed by atoms with Crippen LogP contribution in [0.4, 0.5) is 4.39 Å². The van der Waals surface area contributed by atoms with Gasteiger partial charge in [0.05, 0.1) is 11.1 Å². The van der Waals surface area contributed by atoms with Crippen molar-refractivity contribution in [1.29, 1.82) is 0 Å². The number of halogens is 2. The van der Waals surface area contributed by atoms with Crippen LogP contribution in [-0.2, 0) is 0 Å². The molecule has 4 rings (SSSR count). The van der Waals surface area contributed by atoms with Gasteiger partial charge in [-0.25, -0.2) is 4.39 Å². The third-order valence-electron chi connectivity index (χ3n) is 5.01. The third-order valence-corrected chi connectivity index (χ3v) is 5.32. The lowest BCUT2D eigenvalue weighted by atomic mass is 9.99. The van der Waals surface area contributed by atoms with E-state index in [0.29, 0.717) is 30.1 Å². The third kappa shape index (κ3) is 4.02. The molecule has 4 nitrogen and oxygen atoms in total. The minimum Gasteiger partial charge on any atom is -0.392 e. The quantitative estimate of drug-likeness (QED) is 0.629. The van der Waals surface area contributed by atoms with Crippen molar-refractivity contribution >= 4 is 28.3 Å². The number of carbonyl (C=O) groups excluding carboxylic acids is 1. The average molecular weight is 399 g/mol. The summed E-state index contributed by atoms with van der Waals surface area (Å²) in [5, 5.41) is 18.0. The Balaban J connectivity index is 1.57. The molecule has 0 radical (unpaired) electrons. The Hall–Kier alpha value is -2.47. The minimum atomic E-state index is -0.438. The first-order chi connectivity index (χ1) is 13.5. The molecule has 0 saturated carbocycles. The first kappa shape index (κ1) is 18.9. The van der Waals surface area contributed by atoms with Crippen LogP contribution in [0, 0.1) is 5.82 Å². The van der Waals surface area contributed by atoms with Gasteiger partial charge in [-0.2, -0.15) is 0 Å². The summed E-state index contributed by atoms with van der Waals surface area (Å²) in [6, 6.07) is 15.6. The molecule has 1 aliphatic rings. The zero-order chi connectivity index (χ0) is 19.7. The number of piperidine rings is 1. The molecular formula is C22H20ClFN2O2. The molecule has 1 aliphatic heterocycles. The Morgan fingerprint density at radius 2 is 1.86 bits per heavy atom. The number of aliphatic hydroxyl groups is 1. The average Bonchev–Trinajstić information content (AvgIpc) is 2.67. The fraction of sp³-hybridized carbons (Fsp3) is 0.227. The number of benzene rings is 3. The van der Waals surface area contributed by atoms with E-state index in [1.165, 1.54) is 12.1 Å². The molecule has 1 fully saturated rings. The number of rotatable bonds is 3. The van der Waals surface area contributed by atoms with Crippen molar-refractivity contribution in [3.05, 3.63) is 71.0 Å². The Bertz CT molecular complexity index is 1040. The molecule has 2 atom stereocenters. The molecule has 1 heterocycles. The zero-order valence-electron chi connectivity index (χ0n) is 15.1. The van der Waals surface area contributed by atoms with Gasteiger partial charge in [0.15, 0.2) is 0 Å². The second-order valence-electron chi connectivity index (χ2n) is 7.12. The van der Waals surface area contributed by atoms with E-state index >= 15 is 0 Å². The van der Waals surface area contributed by atoms with Crippen molar-refractivity contribution in [2.45, 2.75) is 18.6 Å². The van der Waals surface area contributed by atoms with E-state index in [1.807, 2.05) is 30.3 Å². The second kappa shape index (κ2) is 7.87. The van der Waals surface area contributed by atoms with Gasteiger partial charge in [-0.1, -0.05) is 29.8 Å². The lowest BCUT2D eigenvalue weighted by molar-refractivity contribution is 0.0876. The largest absolute Gasteiger partial charge is 0.392 e. The molecule has 0 aromatic heterocycles. The molecule has 0 bridgehead atoms. The van der Waals surface area contributed by atoms with E-state index in [4.69, 9.17) is 11.6 Å². The fourth-order valence-corrected chi connectivity index (χ4v) is 3.85. The van der Waals surface area contributed by atoms with Crippen LogP contribution in [0.3, 0.4) is 0 Å². The summed E-state index contributed by atoms with van der Waals surface area (Å²) in [6.45, 7) is 1.21. The van der Waals surface area contributed by atoms with Crippen molar-refractivity contribution in [3.63, 3.8) is 0 Å². The van der Waals surface area contributed by atoms with Gasteiger partial charge in [0.2, 0.25) is 0 Å². The van der Waals surface area contributed by atoms with Gasteiger partial charge in [0, 0.05) is 30.3 Å². The van der Waals surface area contributed by atoms with Crippen LogP contribution in [0.15, 0.2) is 54.6 Å². The van der Waals surface area contributed by atoms with E-state index in [0.717, 1.165) is 21.9 Å². The van der Waals surface area contributed by atoms with Gasteiger partial charge in [-0.3, -0.25) is 4.79 Å². The van der Waals surface area contributed by atoms with Crippen LogP contribution in [-0.4, -0.2) is 36.2 Å². The molecule has 0 aliphatic carbocycles. The SMILES string of the molecule is O=C(N[C@@H]1CNC[C@H](O)C1)c1ccc2cc(-c3ccc(F)cc3Cl)ccc2c1. The van der Waals surface area contributed by atoms with Crippen molar-refractivity contribution in [2.24, 2.45) is 0 Å². The van der Waals surface area contributed by atoms with E-state index in [1.54, 1.807) is 12.1 Å². The van der Waals surface area contributed by atoms with Crippen LogP contribution in [0.1, 0.15) is 16.8 Å². The zero-order valence-corrected chi connectivity index (χ0v) is 15.8. The molecule has 144 valence electrons. The minimum absolute atomic E-state index is 0.0880. The second-order valence-corrected chi connectivity index (χ2v) is 7.53. The van der Waals surface area contributed by atoms with Gasteiger partial charge in [-0.15, -0.1) is 0 Å². The van der Waals surface area contributed by atoms with Crippen molar-refractivity contribution in [3.8, 4) is 11.1 Å². The topological polar surface area (TPSA) is 61.4 Å². The first-order valence-corrected chi connectivity index (χ1v) is 9.56. The maximum atomic E-state index is 13.3. The molecule has 28 heavy (non-hydrogen) atoms. The summed E-state index contributed by atoms with van der Waals surface area (Å²) < 4.78 is 13.3. The Kier molecular flexibility index (Phi) is 5.31. The van der Waals surface area contributed by atoms with Gasteiger partial charge >= 0.3 is 0 Å². The lowest BCUT2D eigenvalue weighted by Crippen LogP contribution is -2.50. The van der Waals surface area contributed by atoms with Gasteiger partial charge in [0.1, 0.15) is 5.82 Å². The lowest BCUT2D eigenvalue weighted by Gasteiger charge is -2.27. The fourth-order valence-electron chi connectivity index (χ4n) is 3.58. The van der Waals surface area contributed by atoms with Crippen LogP contribution in [0.5, 0.6) is 0 Å². The molecule has 0 spiro atoms. The Labute approximate surface area is 167 Å². The maximum absolute atomic E-state index is 13.3. The summed E-state index contributed by atoms with van der Waals surface area (Å²) >= 11 is 6.17. The van der Waals surface area contributed by atoms with Gasteiger partial charge < -0.3 is 15.7 Å². The molecule has 3 N–H and O–H groups in total. The number of β-amino-alcohol motifs (C(OH)–C–C–N with tert-alkyl or cyclic N) is 1. The number of hydrogen-bond acceptors (Lipinski definition) is 3. The van der Waals surface area contributed by atoms with E-state index < -0.39 is 6.10 Å². The summed E-state index contributed by atoms with van der Waals surface area (Å²) in [5.41, 5.74) is 2.22. The summed E-state index contributed by atoms with van der Waals surface area (Å²) in [4.78, 5) is 12.6. The molecule has 1 saturated heterocycles. The summed E-state index contributed by atoms with van der Waals surface area (Å²) in [6.07, 6.45) is 0.112. The Morgan fingerprint density at radius 1 is 1.07 bits per heavy atom. The Morgan fingerprint density at radius 3 is 2.64 bits per heavy atom. The molecule has 3 aromatic carbocycles. The predicted molar refractivity (Wildman–Crippen MR) is 109 cm³/mol. The van der Waals surface area contributed by atoms with E-state index in [9.17, 15) is 14.3 Å². The molecule has 3 aromatic rings. The monoisotopic (exact) mass is 398 g/mol. The normalized spacial score (nSPS) is 19.5. The highest BCUT2D eigenvalue weighted by Gasteiger charge is 2.21. The smallest absolute Gasteiger partial charge is 0.251 e. The molecule has 1 amide bonds. The van der Waals surface area contributed by atoms with Crippen LogP contribution < -0.4 is 10.6 Å². The van der Waals surface area contributed by atoms with Crippen molar-refractivity contribution in [1.82, 2.24) is 10.6 Å². The molecule has 6 heteroatoms. The number of aliphatic hydroxyl groups excluding tert-OH is 1. The number of fused-ring (bicyclic) bond motifs is 1. The maximum Gasteiger partial charge on any atom is 0.251 e. The first-order valence-electron chi connectivity index (χ1n) is 9.18. The van der Waals surface area contributed by atoms with Gasteiger partial charge in [0.25, 0.3) is 5.91 Å². The summed E-state index contributed by atoms with van der Waals surface area (Å²) in [7, 11) is 0. The van der Waals surface area contributed by atoms with E-state index in [2.05, 4.69) is 10.6 Å². The summed E-state index contributed by atoms with van der Waals surface area (Å²) in [5.74, 6) is -0.528. The van der Waals surface area contributed by atoms with Crippen LogP contribution in [0.2, 0.25) is 5.02 Å². The highest BCUT2D eigenvalue weighted by molar-refractivity contribution is 6.33. The van der Waals surface area contributed by atoms with Crippen molar-refractivity contribution in [2.75, 3.05) is 13.1 Å². The number of nitrogens with one attached hydrogen (secondary N) is 2. The van der Waals surface area contributed by atoms with Crippen molar-refractivity contribution < 1.29 is 14.3 Å². The van der Waals surface area contributed by atoms with Gasteiger partial charge in [-0.05, 0) is 59.2 Å². The standard InChI is InChI=1S/C22H20ClFN2O2/c23-21-9-17(24)5-6-20(21)15-3-1-14-8-16(4-2-13(14)7-15)22(28)26-18-10-19(27)12-25-11-18/h1-9,18-19,25,27H,10-12H2,(H,26,28)/t18-,19+/m0/s1. The highest BCUT2D eigenvalue weighted by atomic mass is 35.5. The highest BCUT2D eigenvalue weighted by Crippen LogP contribution is 2.31. The molecular weight excluding hydrogens is 379 g/mol. The van der Waals surface area contributed by atoms with Crippen LogP contribution in [0.25, 0.3) is 21.9 Å². The number of carbonyl (C=O) groups is 1. The van der Waals surface area contributed by atoms with Crippen LogP contribution >= 0.6 is 11.6 Å². The number of amides is 1.